The van der Waals surface area contributed by atoms with Crippen LogP contribution >= 0.6 is 0 Å². The molecular weight excluding hydrogens is 394 g/mol. The van der Waals surface area contributed by atoms with Crippen molar-refractivity contribution in [2.45, 2.75) is 78.7 Å². The maximum Gasteiger partial charge on any atom is 0.340 e. The van der Waals surface area contributed by atoms with Gasteiger partial charge in [0.2, 0.25) is 5.91 Å². The molecule has 0 spiro atoms. The number of piperidine rings is 1. The Bertz CT molecular complexity index is 802. The highest BCUT2D eigenvalue weighted by molar-refractivity contribution is 6.00. The van der Waals surface area contributed by atoms with E-state index in [0.29, 0.717) is 48.3 Å². The van der Waals surface area contributed by atoms with Crippen molar-refractivity contribution in [3.05, 3.63) is 22.5 Å². The van der Waals surface area contributed by atoms with Crippen molar-refractivity contribution in [3.8, 4) is 0 Å². The second-order valence-electron chi connectivity index (χ2n) is 9.11. The minimum absolute atomic E-state index is 0.0379. The van der Waals surface area contributed by atoms with Crippen LogP contribution in [0, 0.1) is 25.7 Å². The van der Waals surface area contributed by atoms with Gasteiger partial charge >= 0.3 is 5.97 Å². The average molecular weight is 432 g/mol. The lowest BCUT2D eigenvalue weighted by atomic mass is 9.84. The lowest BCUT2D eigenvalue weighted by molar-refractivity contribution is -0.127. The van der Waals surface area contributed by atoms with Crippen LogP contribution in [0.4, 0.5) is 0 Å². The molecule has 1 atom stereocenters. The van der Waals surface area contributed by atoms with Crippen LogP contribution in [0.2, 0.25) is 0 Å². The monoisotopic (exact) mass is 431 g/mol. The first-order valence-corrected chi connectivity index (χ1v) is 11.8. The second kappa shape index (κ2) is 10.3. The molecule has 2 fully saturated rings. The molecule has 1 saturated heterocycles. The Morgan fingerprint density at radius 2 is 1.74 bits per heavy atom. The summed E-state index contributed by atoms with van der Waals surface area (Å²) >= 11 is 0. The summed E-state index contributed by atoms with van der Waals surface area (Å²) in [5.41, 5.74) is 2.21. The van der Waals surface area contributed by atoms with Crippen molar-refractivity contribution in [1.82, 2.24) is 15.2 Å². The highest BCUT2D eigenvalue weighted by Crippen LogP contribution is 2.28. The van der Waals surface area contributed by atoms with Gasteiger partial charge in [0.05, 0.1) is 12.2 Å². The number of hydrogen-bond acceptors (Lipinski definition) is 4. The summed E-state index contributed by atoms with van der Waals surface area (Å²) in [7, 11) is 0. The molecule has 7 nitrogen and oxygen atoms in total. The Balaban J connectivity index is 1.56. The normalized spacial score (nSPS) is 19.2. The second-order valence-corrected chi connectivity index (χ2v) is 9.11. The molecule has 2 N–H and O–H groups in total. The van der Waals surface area contributed by atoms with Gasteiger partial charge in [-0.1, -0.05) is 26.2 Å². The number of ether oxygens (including phenoxy) is 1. The summed E-state index contributed by atoms with van der Waals surface area (Å²) < 4.78 is 5.12. The SMILES string of the molecule is CCOC(=O)c1c(C)[nH]c(C(=O)N2CCC([C@@H](C)C(=O)NC3CCCCC3)CC2)c1C. The van der Waals surface area contributed by atoms with E-state index in [0.717, 1.165) is 25.7 Å². The van der Waals surface area contributed by atoms with Crippen LogP contribution in [-0.4, -0.2) is 53.4 Å². The molecule has 7 heteroatoms. The lowest BCUT2D eigenvalue weighted by Crippen LogP contribution is -2.45. The summed E-state index contributed by atoms with van der Waals surface area (Å²) in [6.45, 7) is 8.90. The number of likely N-dealkylation sites (tertiary alicyclic amines) is 1. The van der Waals surface area contributed by atoms with Crippen molar-refractivity contribution in [2.75, 3.05) is 19.7 Å². The molecule has 31 heavy (non-hydrogen) atoms. The van der Waals surface area contributed by atoms with E-state index >= 15 is 0 Å². The van der Waals surface area contributed by atoms with Gasteiger partial charge in [-0.15, -0.1) is 0 Å². The van der Waals surface area contributed by atoms with Crippen LogP contribution in [-0.2, 0) is 9.53 Å². The molecule has 1 aromatic heterocycles. The van der Waals surface area contributed by atoms with Gasteiger partial charge in [0, 0.05) is 30.7 Å². The Labute approximate surface area is 185 Å². The average Bonchev–Trinajstić information content (AvgIpc) is 3.07. The third-order valence-corrected chi connectivity index (χ3v) is 7.03. The molecule has 0 unspecified atom stereocenters. The Kier molecular flexibility index (Phi) is 7.79. The van der Waals surface area contributed by atoms with E-state index < -0.39 is 5.97 Å². The molecule has 3 rings (SSSR count). The zero-order chi connectivity index (χ0) is 22.5. The summed E-state index contributed by atoms with van der Waals surface area (Å²) in [6, 6.07) is 0.332. The largest absolute Gasteiger partial charge is 0.462 e. The number of H-pyrrole nitrogens is 1. The molecular formula is C24H37N3O4. The van der Waals surface area contributed by atoms with Crippen molar-refractivity contribution in [1.29, 1.82) is 0 Å². The zero-order valence-corrected chi connectivity index (χ0v) is 19.4. The molecule has 0 aromatic carbocycles. The van der Waals surface area contributed by atoms with E-state index in [-0.39, 0.29) is 23.7 Å². The Hall–Kier alpha value is -2.31. The van der Waals surface area contributed by atoms with E-state index in [9.17, 15) is 14.4 Å². The van der Waals surface area contributed by atoms with Gasteiger partial charge in [0.15, 0.2) is 0 Å². The predicted octanol–water partition coefficient (Wildman–Crippen LogP) is 3.75. The fourth-order valence-electron chi connectivity index (χ4n) is 5.03. The molecule has 1 aromatic rings. The number of carbonyl (C=O) groups excluding carboxylic acids is 3. The van der Waals surface area contributed by atoms with Gasteiger partial charge in [0.1, 0.15) is 5.69 Å². The number of rotatable bonds is 6. The maximum atomic E-state index is 13.1. The smallest absolute Gasteiger partial charge is 0.340 e. The van der Waals surface area contributed by atoms with Crippen LogP contribution in [0.1, 0.15) is 90.9 Å². The number of aromatic amines is 1. The maximum absolute atomic E-state index is 13.1. The number of hydrogen-bond donors (Lipinski definition) is 2. The lowest BCUT2D eigenvalue weighted by Gasteiger charge is -2.35. The molecule has 2 amide bonds. The molecule has 0 radical (unpaired) electrons. The molecule has 0 bridgehead atoms. The molecule has 1 aliphatic carbocycles. The molecule has 1 aliphatic heterocycles. The Morgan fingerprint density at radius 1 is 1.10 bits per heavy atom. The number of nitrogens with one attached hydrogen (secondary N) is 2. The van der Waals surface area contributed by atoms with Crippen molar-refractivity contribution in [3.63, 3.8) is 0 Å². The van der Waals surface area contributed by atoms with Gasteiger partial charge in [-0.25, -0.2) is 4.79 Å². The minimum Gasteiger partial charge on any atom is -0.462 e. The summed E-state index contributed by atoms with van der Waals surface area (Å²) in [6.07, 6.45) is 7.49. The van der Waals surface area contributed by atoms with Gasteiger partial charge in [-0.3, -0.25) is 9.59 Å². The topological polar surface area (TPSA) is 91.5 Å². The Morgan fingerprint density at radius 3 is 2.35 bits per heavy atom. The number of nitrogens with zero attached hydrogens (tertiary/aromatic N) is 1. The predicted molar refractivity (Wildman–Crippen MR) is 119 cm³/mol. The zero-order valence-electron chi connectivity index (χ0n) is 19.4. The highest BCUT2D eigenvalue weighted by Gasteiger charge is 2.33. The van der Waals surface area contributed by atoms with Gasteiger partial charge in [-0.2, -0.15) is 0 Å². The first-order valence-electron chi connectivity index (χ1n) is 11.8. The minimum atomic E-state index is -0.399. The standard InChI is InChI=1S/C24H37N3O4/c1-5-31-24(30)20-16(3)21(25-17(20)4)23(29)27-13-11-18(12-14-27)15(2)22(28)26-19-9-7-6-8-10-19/h15,18-19,25H,5-14H2,1-4H3,(H,26,28)/t15-/m1/s1. The molecule has 172 valence electrons. The van der Waals surface area contributed by atoms with Gasteiger partial charge in [0.25, 0.3) is 5.91 Å². The number of esters is 1. The first-order chi connectivity index (χ1) is 14.8. The molecule has 1 saturated carbocycles. The van der Waals surface area contributed by atoms with Gasteiger partial charge in [-0.05, 0) is 57.9 Å². The first kappa shape index (κ1) is 23.4. The van der Waals surface area contributed by atoms with Crippen LogP contribution in [0.25, 0.3) is 0 Å². The highest BCUT2D eigenvalue weighted by atomic mass is 16.5. The van der Waals surface area contributed by atoms with E-state index in [4.69, 9.17) is 4.74 Å². The van der Waals surface area contributed by atoms with E-state index in [1.54, 1.807) is 20.8 Å². The fourth-order valence-corrected chi connectivity index (χ4v) is 5.03. The number of aryl methyl sites for hydroxylation is 1. The van der Waals surface area contributed by atoms with Crippen molar-refractivity contribution < 1.29 is 19.1 Å². The quantitative estimate of drug-likeness (QED) is 0.671. The number of carbonyl (C=O) groups is 3. The van der Waals surface area contributed by atoms with Crippen LogP contribution in [0.3, 0.4) is 0 Å². The van der Waals surface area contributed by atoms with Gasteiger partial charge < -0.3 is 19.9 Å². The number of aromatic nitrogens is 1. The fraction of sp³-hybridized carbons (Fsp3) is 0.708. The molecule has 2 heterocycles. The van der Waals surface area contributed by atoms with E-state index in [1.165, 1.54) is 19.3 Å². The van der Waals surface area contributed by atoms with E-state index in [1.807, 2.05) is 11.8 Å². The van der Waals surface area contributed by atoms with Crippen molar-refractivity contribution >= 4 is 17.8 Å². The molecule has 2 aliphatic rings. The van der Waals surface area contributed by atoms with Crippen molar-refractivity contribution in [2.24, 2.45) is 11.8 Å². The summed E-state index contributed by atoms with van der Waals surface area (Å²) in [5, 5.41) is 3.24. The van der Waals surface area contributed by atoms with Crippen LogP contribution in [0.5, 0.6) is 0 Å². The van der Waals surface area contributed by atoms with Crippen LogP contribution in [0.15, 0.2) is 0 Å². The number of amides is 2. The third kappa shape index (κ3) is 5.31. The summed E-state index contributed by atoms with van der Waals surface area (Å²) in [5.74, 6) is -0.0805. The third-order valence-electron chi connectivity index (χ3n) is 7.03. The van der Waals surface area contributed by atoms with E-state index in [2.05, 4.69) is 10.3 Å². The summed E-state index contributed by atoms with van der Waals surface area (Å²) in [4.78, 5) is 42.9. The van der Waals surface area contributed by atoms with Crippen LogP contribution < -0.4 is 5.32 Å².